The Labute approximate surface area is 106 Å². The first-order chi connectivity index (χ1) is 8.77. The van der Waals surface area contributed by atoms with Crippen molar-refractivity contribution in [2.45, 2.75) is 13.0 Å². The first-order valence-corrected chi connectivity index (χ1v) is 6.06. The molecule has 1 aromatic heterocycles. The molecule has 0 saturated carbocycles. The summed E-state index contributed by atoms with van der Waals surface area (Å²) in [5, 5.41) is 1.14. The summed E-state index contributed by atoms with van der Waals surface area (Å²) >= 11 is 0. The normalized spacial score (nSPS) is 12.8. The van der Waals surface area contributed by atoms with Crippen LogP contribution in [-0.4, -0.2) is 0 Å². The summed E-state index contributed by atoms with van der Waals surface area (Å²) in [4.78, 5) is 0. The molecule has 0 aliphatic heterocycles. The Kier molecular flexibility index (Phi) is 2.65. The number of hydrogen-bond acceptors (Lipinski definition) is 2. The average Bonchev–Trinajstić information content (AvgIpc) is 2.77. The molecule has 18 heavy (non-hydrogen) atoms. The largest absolute Gasteiger partial charge is 0.459 e. The van der Waals surface area contributed by atoms with Crippen LogP contribution >= 0.6 is 0 Å². The monoisotopic (exact) mass is 237 g/mol. The van der Waals surface area contributed by atoms with Gasteiger partial charge in [0.1, 0.15) is 11.3 Å². The van der Waals surface area contributed by atoms with Crippen LogP contribution < -0.4 is 5.73 Å². The minimum absolute atomic E-state index is 0.210. The second-order valence-corrected chi connectivity index (χ2v) is 4.48. The molecule has 0 spiro atoms. The van der Waals surface area contributed by atoms with Crippen molar-refractivity contribution in [2.24, 2.45) is 5.73 Å². The van der Waals surface area contributed by atoms with Gasteiger partial charge in [0.05, 0.1) is 6.04 Å². The van der Waals surface area contributed by atoms with E-state index in [-0.39, 0.29) is 6.04 Å². The molecule has 0 aliphatic rings. The van der Waals surface area contributed by atoms with Gasteiger partial charge in [-0.25, -0.2) is 0 Å². The van der Waals surface area contributed by atoms with Gasteiger partial charge in [-0.3, -0.25) is 0 Å². The number of para-hydroxylation sites is 1. The van der Waals surface area contributed by atoms with Gasteiger partial charge in [-0.1, -0.05) is 48.5 Å². The van der Waals surface area contributed by atoms with Gasteiger partial charge < -0.3 is 10.2 Å². The lowest BCUT2D eigenvalue weighted by molar-refractivity contribution is 0.521. The first-order valence-electron chi connectivity index (χ1n) is 6.06. The second kappa shape index (κ2) is 4.31. The topological polar surface area (TPSA) is 39.2 Å². The van der Waals surface area contributed by atoms with Crippen LogP contribution in [0.3, 0.4) is 0 Å². The van der Waals surface area contributed by atoms with Gasteiger partial charge in [-0.2, -0.15) is 0 Å². The van der Waals surface area contributed by atoms with Crippen molar-refractivity contribution >= 4 is 11.0 Å². The fraction of sp³-hybridized carbons (Fsp3) is 0.125. The lowest BCUT2D eigenvalue weighted by atomic mass is 10.0. The lowest BCUT2D eigenvalue weighted by Gasteiger charge is -2.09. The molecule has 0 radical (unpaired) electrons. The predicted octanol–water partition coefficient (Wildman–Crippen LogP) is 3.79. The minimum atomic E-state index is -0.210. The van der Waals surface area contributed by atoms with E-state index >= 15 is 0 Å². The summed E-state index contributed by atoms with van der Waals surface area (Å²) < 4.78 is 5.89. The highest BCUT2D eigenvalue weighted by Crippen LogP contribution is 2.31. The van der Waals surface area contributed by atoms with Crippen molar-refractivity contribution in [1.82, 2.24) is 0 Å². The summed E-state index contributed by atoms with van der Waals surface area (Å²) in [7, 11) is 0. The van der Waals surface area contributed by atoms with E-state index < -0.39 is 0 Å². The van der Waals surface area contributed by atoms with Gasteiger partial charge in [0.2, 0.25) is 0 Å². The summed E-state index contributed by atoms with van der Waals surface area (Å²) in [6, 6.07) is 17.8. The summed E-state index contributed by atoms with van der Waals surface area (Å²) in [5.41, 5.74) is 9.38. The van der Waals surface area contributed by atoms with E-state index in [4.69, 9.17) is 10.2 Å². The van der Waals surface area contributed by atoms with E-state index in [1.54, 1.807) is 0 Å². The molecule has 2 aromatic carbocycles. The van der Waals surface area contributed by atoms with E-state index in [0.29, 0.717) is 0 Å². The van der Waals surface area contributed by atoms with Crippen molar-refractivity contribution in [3.8, 4) is 0 Å². The van der Waals surface area contributed by atoms with Gasteiger partial charge in [-0.15, -0.1) is 0 Å². The third-order valence-corrected chi connectivity index (χ3v) is 3.32. The Bertz CT molecular complexity index is 670. The zero-order valence-corrected chi connectivity index (χ0v) is 10.3. The molecule has 2 N–H and O–H groups in total. The zero-order chi connectivity index (χ0) is 12.5. The second-order valence-electron chi connectivity index (χ2n) is 4.48. The van der Waals surface area contributed by atoms with Gasteiger partial charge in [0.15, 0.2) is 0 Å². The molecule has 0 fully saturated rings. The molecule has 2 heteroatoms. The molecular formula is C16H15NO. The molecular weight excluding hydrogens is 222 g/mol. The van der Waals surface area contributed by atoms with Crippen LogP contribution in [-0.2, 0) is 0 Å². The molecule has 3 aromatic rings. The number of fused-ring (bicyclic) bond motifs is 1. The maximum Gasteiger partial charge on any atom is 0.134 e. The Hall–Kier alpha value is -2.06. The van der Waals surface area contributed by atoms with E-state index in [2.05, 4.69) is 13.0 Å². The Morgan fingerprint density at radius 1 is 0.944 bits per heavy atom. The molecule has 1 atom stereocenters. The maximum absolute atomic E-state index is 6.29. The van der Waals surface area contributed by atoms with Crippen molar-refractivity contribution in [2.75, 3.05) is 0 Å². The fourth-order valence-corrected chi connectivity index (χ4v) is 2.30. The highest BCUT2D eigenvalue weighted by molar-refractivity contribution is 5.82. The van der Waals surface area contributed by atoms with Crippen molar-refractivity contribution in [1.29, 1.82) is 0 Å². The van der Waals surface area contributed by atoms with Crippen molar-refractivity contribution < 1.29 is 4.42 Å². The van der Waals surface area contributed by atoms with Crippen LogP contribution in [0.5, 0.6) is 0 Å². The standard InChI is InChI=1S/C16H15NO/c1-11-13-9-5-6-10-14(13)18-16(11)15(17)12-7-3-2-4-8-12/h2-10,15H,17H2,1H3. The SMILES string of the molecule is Cc1c(C(N)c2ccccc2)oc2ccccc12. The van der Waals surface area contributed by atoms with Crippen LogP contribution in [0, 0.1) is 6.92 Å². The van der Waals surface area contributed by atoms with E-state index in [9.17, 15) is 0 Å². The molecule has 1 heterocycles. The van der Waals surface area contributed by atoms with Crippen LogP contribution in [0.15, 0.2) is 59.0 Å². The molecule has 0 saturated heterocycles. The van der Waals surface area contributed by atoms with E-state index in [1.807, 2.05) is 48.5 Å². The number of nitrogens with two attached hydrogens (primary N) is 1. The number of rotatable bonds is 2. The predicted molar refractivity (Wildman–Crippen MR) is 73.4 cm³/mol. The quantitative estimate of drug-likeness (QED) is 0.736. The Morgan fingerprint density at radius 2 is 1.61 bits per heavy atom. The average molecular weight is 237 g/mol. The maximum atomic E-state index is 6.29. The van der Waals surface area contributed by atoms with Crippen LogP contribution in [0.4, 0.5) is 0 Å². The van der Waals surface area contributed by atoms with Crippen molar-refractivity contribution in [3.63, 3.8) is 0 Å². The van der Waals surface area contributed by atoms with E-state index in [1.165, 1.54) is 0 Å². The number of furan rings is 1. The van der Waals surface area contributed by atoms with Gasteiger partial charge in [-0.05, 0) is 18.6 Å². The Balaban J connectivity index is 2.12. The summed E-state index contributed by atoms with van der Waals surface area (Å²) in [6.07, 6.45) is 0. The van der Waals surface area contributed by atoms with Gasteiger partial charge >= 0.3 is 0 Å². The third kappa shape index (κ3) is 1.71. The van der Waals surface area contributed by atoms with Gasteiger partial charge in [0.25, 0.3) is 0 Å². The molecule has 3 rings (SSSR count). The van der Waals surface area contributed by atoms with Gasteiger partial charge in [0, 0.05) is 10.9 Å². The Morgan fingerprint density at radius 3 is 2.33 bits per heavy atom. The highest BCUT2D eigenvalue weighted by Gasteiger charge is 2.17. The summed E-state index contributed by atoms with van der Waals surface area (Å²) in [5.74, 6) is 0.849. The van der Waals surface area contributed by atoms with Crippen molar-refractivity contribution in [3.05, 3.63) is 71.5 Å². The highest BCUT2D eigenvalue weighted by atomic mass is 16.3. The van der Waals surface area contributed by atoms with Crippen LogP contribution in [0.2, 0.25) is 0 Å². The zero-order valence-electron chi connectivity index (χ0n) is 10.3. The molecule has 0 bridgehead atoms. The number of benzene rings is 2. The molecule has 0 amide bonds. The number of hydrogen-bond donors (Lipinski definition) is 1. The number of aryl methyl sites for hydroxylation is 1. The minimum Gasteiger partial charge on any atom is -0.459 e. The summed E-state index contributed by atoms with van der Waals surface area (Å²) in [6.45, 7) is 2.06. The first kappa shape index (κ1) is 11.1. The molecule has 90 valence electrons. The third-order valence-electron chi connectivity index (χ3n) is 3.32. The van der Waals surface area contributed by atoms with Crippen LogP contribution in [0.1, 0.15) is 22.9 Å². The fourth-order valence-electron chi connectivity index (χ4n) is 2.30. The molecule has 1 unspecified atom stereocenters. The molecule has 2 nitrogen and oxygen atoms in total. The van der Waals surface area contributed by atoms with E-state index in [0.717, 1.165) is 27.9 Å². The smallest absolute Gasteiger partial charge is 0.134 e. The van der Waals surface area contributed by atoms with Crippen LogP contribution in [0.25, 0.3) is 11.0 Å². The lowest BCUT2D eigenvalue weighted by Crippen LogP contribution is -2.11. The molecule has 0 aliphatic carbocycles.